The van der Waals surface area contributed by atoms with Gasteiger partial charge in [-0.1, -0.05) is 12.1 Å². The van der Waals surface area contributed by atoms with Crippen molar-refractivity contribution in [1.29, 1.82) is 0 Å². The van der Waals surface area contributed by atoms with Gasteiger partial charge in [0.1, 0.15) is 0 Å². The molecule has 2 rings (SSSR count). The van der Waals surface area contributed by atoms with Crippen LogP contribution in [0.4, 0.5) is 5.69 Å². The molecule has 98 valence electrons. The van der Waals surface area contributed by atoms with E-state index in [-0.39, 0.29) is 12.5 Å². The molecule has 19 heavy (non-hydrogen) atoms. The normalized spacial score (nSPS) is 10.3. The molecule has 0 unspecified atom stereocenters. The minimum Gasteiger partial charge on any atom is -0.392 e. The van der Waals surface area contributed by atoms with Gasteiger partial charge in [-0.15, -0.1) is 0 Å². The molecule has 1 amide bonds. The molecule has 0 radical (unpaired) electrons. The Morgan fingerprint density at radius 3 is 2.74 bits per heavy atom. The third-order valence-corrected chi connectivity index (χ3v) is 2.84. The number of aliphatic hydroxyl groups is 1. The van der Waals surface area contributed by atoms with Gasteiger partial charge in [0.15, 0.2) is 0 Å². The van der Waals surface area contributed by atoms with Gasteiger partial charge in [0.2, 0.25) is 0 Å². The number of aliphatic hydroxyl groups excluding tert-OH is 1. The molecular weight excluding hydrogens is 240 g/mol. The number of hydrogen-bond donors (Lipinski definition) is 2. The van der Waals surface area contributed by atoms with E-state index in [0.717, 1.165) is 11.3 Å². The summed E-state index contributed by atoms with van der Waals surface area (Å²) in [5.74, 6) is -0.194. The second-order valence-corrected chi connectivity index (χ2v) is 4.40. The fourth-order valence-electron chi connectivity index (χ4n) is 1.87. The van der Waals surface area contributed by atoms with Gasteiger partial charge in [0.25, 0.3) is 5.91 Å². The Hall–Kier alpha value is -2.20. The van der Waals surface area contributed by atoms with Gasteiger partial charge >= 0.3 is 0 Å². The number of hydrogen-bond acceptors (Lipinski definition) is 3. The van der Waals surface area contributed by atoms with Crippen LogP contribution in [0.25, 0.3) is 0 Å². The summed E-state index contributed by atoms with van der Waals surface area (Å²) in [6.07, 6.45) is 0. The van der Waals surface area contributed by atoms with Gasteiger partial charge in [0.05, 0.1) is 17.9 Å². The number of benzene rings is 1. The van der Waals surface area contributed by atoms with Crippen molar-refractivity contribution in [2.24, 2.45) is 0 Å². The number of aromatic nitrogens is 1. The van der Waals surface area contributed by atoms with E-state index in [0.29, 0.717) is 16.9 Å². The average Bonchev–Trinajstić information content (AvgIpc) is 2.38. The molecule has 1 aromatic carbocycles. The second-order valence-electron chi connectivity index (χ2n) is 4.40. The van der Waals surface area contributed by atoms with Crippen molar-refractivity contribution in [3.05, 3.63) is 58.9 Å². The third-order valence-electron chi connectivity index (χ3n) is 2.84. The zero-order valence-corrected chi connectivity index (χ0v) is 11.0. The molecule has 2 aromatic rings. The number of nitrogens with zero attached hydrogens (tertiary/aromatic N) is 1. The number of aryl methyl sites for hydroxylation is 2. The number of anilines is 1. The minimum absolute atomic E-state index is 0.0468. The van der Waals surface area contributed by atoms with Gasteiger partial charge in [-0.05, 0) is 43.7 Å². The first-order valence-electron chi connectivity index (χ1n) is 6.05. The van der Waals surface area contributed by atoms with Gasteiger partial charge in [-0.2, -0.15) is 0 Å². The molecule has 2 N–H and O–H groups in total. The van der Waals surface area contributed by atoms with Crippen molar-refractivity contribution in [2.45, 2.75) is 20.5 Å². The van der Waals surface area contributed by atoms with E-state index < -0.39 is 0 Å². The van der Waals surface area contributed by atoms with Crippen molar-refractivity contribution in [2.75, 3.05) is 5.32 Å². The molecule has 0 aliphatic heterocycles. The number of rotatable bonds is 3. The van der Waals surface area contributed by atoms with Crippen LogP contribution < -0.4 is 5.32 Å². The standard InChI is InChI=1S/C15H16N2O2/c1-10-6-7-14(11(2)16-10)15(19)17-13-5-3-4-12(8-13)9-18/h3-8,18H,9H2,1-2H3,(H,17,19). The first-order chi connectivity index (χ1) is 9.10. The Balaban J connectivity index is 2.20. The summed E-state index contributed by atoms with van der Waals surface area (Å²) in [6.45, 7) is 3.65. The smallest absolute Gasteiger partial charge is 0.257 e. The number of nitrogens with one attached hydrogen (secondary N) is 1. The summed E-state index contributed by atoms with van der Waals surface area (Å²) in [5.41, 5.74) is 3.57. The maximum absolute atomic E-state index is 12.1. The van der Waals surface area contributed by atoms with Crippen molar-refractivity contribution in [3.8, 4) is 0 Å². The van der Waals surface area contributed by atoms with Crippen LogP contribution in [0.5, 0.6) is 0 Å². The van der Waals surface area contributed by atoms with Crippen LogP contribution in [0.15, 0.2) is 36.4 Å². The SMILES string of the molecule is Cc1ccc(C(=O)Nc2cccc(CO)c2)c(C)n1. The lowest BCUT2D eigenvalue weighted by atomic mass is 10.1. The molecule has 0 spiro atoms. The summed E-state index contributed by atoms with van der Waals surface area (Å²) in [7, 11) is 0. The van der Waals surface area contributed by atoms with Crippen molar-refractivity contribution < 1.29 is 9.90 Å². The molecule has 0 saturated carbocycles. The zero-order chi connectivity index (χ0) is 13.8. The maximum Gasteiger partial charge on any atom is 0.257 e. The average molecular weight is 256 g/mol. The monoisotopic (exact) mass is 256 g/mol. The molecule has 4 heteroatoms. The van der Waals surface area contributed by atoms with Crippen LogP contribution in [0.3, 0.4) is 0 Å². The van der Waals surface area contributed by atoms with E-state index in [1.807, 2.05) is 19.9 Å². The fourth-order valence-corrected chi connectivity index (χ4v) is 1.87. The van der Waals surface area contributed by atoms with Crippen LogP contribution in [0.1, 0.15) is 27.3 Å². The highest BCUT2D eigenvalue weighted by molar-refractivity contribution is 6.05. The van der Waals surface area contributed by atoms with E-state index in [1.165, 1.54) is 0 Å². The van der Waals surface area contributed by atoms with E-state index in [2.05, 4.69) is 10.3 Å². The highest BCUT2D eigenvalue weighted by atomic mass is 16.3. The summed E-state index contributed by atoms with van der Waals surface area (Å²) >= 11 is 0. The van der Waals surface area contributed by atoms with E-state index >= 15 is 0 Å². The summed E-state index contributed by atoms with van der Waals surface area (Å²) in [4.78, 5) is 16.4. The topological polar surface area (TPSA) is 62.2 Å². The van der Waals surface area contributed by atoms with E-state index in [4.69, 9.17) is 5.11 Å². The lowest BCUT2D eigenvalue weighted by molar-refractivity contribution is 0.102. The van der Waals surface area contributed by atoms with Gasteiger partial charge in [-0.25, -0.2) is 0 Å². The molecule has 0 aliphatic carbocycles. The van der Waals surface area contributed by atoms with Crippen LogP contribution in [-0.2, 0) is 6.61 Å². The highest BCUT2D eigenvalue weighted by Crippen LogP contribution is 2.14. The summed E-state index contributed by atoms with van der Waals surface area (Å²) in [6, 6.07) is 10.7. The summed E-state index contributed by atoms with van der Waals surface area (Å²) < 4.78 is 0. The van der Waals surface area contributed by atoms with E-state index in [1.54, 1.807) is 30.3 Å². The Bertz CT molecular complexity index is 609. The molecule has 0 aliphatic rings. The largest absolute Gasteiger partial charge is 0.392 e. The quantitative estimate of drug-likeness (QED) is 0.886. The predicted molar refractivity (Wildman–Crippen MR) is 74.0 cm³/mol. The van der Waals surface area contributed by atoms with Crippen molar-refractivity contribution in [3.63, 3.8) is 0 Å². The van der Waals surface area contributed by atoms with Crippen LogP contribution in [-0.4, -0.2) is 16.0 Å². The van der Waals surface area contributed by atoms with Crippen LogP contribution in [0.2, 0.25) is 0 Å². The Kier molecular flexibility index (Phi) is 3.92. The van der Waals surface area contributed by atoms with Gasteiger partial charge in [-0.3, -0.25) is 9.78 Å². The van der Waals surface area contributed by atoms with Gasteiger partial charge < -0.3 is 10.4 Å². The molecule has 0 fully saturated rings. The Labute approximate surface area is 112 Å². The number of pyridine rings is 1. The fraction of sp³-hybridized carbons (Fsp3) is 0.200. The van der Waals surface area contributed by atoms with Crippen molar-refractivity contribution in [1.82, 2.24) is 4.98 Å². The minimum atomic E-state index is -0.194. The molecule has 4 nitrogen and oxygen atoms in total. The highest BCUT2D eigenvalue weighted by Gasteiger charge is 2.10. The van der Waals surface area contributed by atoms with Crippen LogP contribution in [0, 0.1) is 13.8 Å². The molecular formula is C15H16N2O2. The van der Waals surface area contributed by atoms with E-state index in [9.17, 15) is 4.79 Å². The van der Waals surface area contributed by atoms with Gasteiger partial charge in [0, 0.05) is 11.4 Å². The molecule has 0 bridgehead atoms. The van der Waals surface area contributed by atoms with Crippen LogP contribution >= 0.6 is 0 Å². The summed E-state index contributed by atoms with van der Waals surface area (Å²) in [5, 5.41) is 11.9. The maximum atomic E-state index is 12.1. The number of carbonyl (C=O) groups excluding carboxylic acids is 1. The lowest BCUT2D eigenvalue weighted by Crippen LogP contribution is -2.14. The zero-order valence-electron chi connectivity index (χ0n) is 11.0. The molecule has 0 atom stereocenters. The Morgan fingerprint density at radius 2 is 2.05 bits per heavy atom. The van der Waals surface area contributed by atoms with Crippen molar-refractivity contribution >= 4 is 11.6 Å². The first kappa shape index (κ1) is 13.2. The molecule has 1 heterocycles. The molecule has 0 saturated heterocycles. The number of amides is 1. The lowest BCUT2D eigenvalue weighted by Gasteiger charge is -2.08. The third kappa shape index (κ3) is 3.17. The molecule has 1 aromatic heterocycles. The number of carbonyl (C=O) groups is 1. The Morgan fingerprint density at radius 1 is 1.26 bits per heavy atom. The predicted octanol–water partition coefficient (Wildman–Crippen LogP) is 2.44. The first-order valence-corrected chi connectivity index (χ1v) is 6.05. The second kappa shape index (κ2) is 5.63.